The van der Waals surface area contributed by atoms with Crippen molar-refractivity contribution in [3.05, 3.63) is 59.1 Å². The van der Waals surface area contributed by atoms with E-state index in [1.807, 2.05) is 0 Å². The number of likely N-dealkylation sites (N-methyl/N-ethyl adjacent to an activating group) is 1. The summed E-state index contributed by atoms with van der Waals surface area (Å²) in [5.41, 5.74) is 5.70. The average molecular weight is 391 g/mol. The van der Waals surface area contributed by atoms with Crippen LogP contribution in [0, 0.1) is 11.7 Å². The summed E-state index contributed by atoms with van der Waals surface area (Å²) < 4.78 is 43.6. The number of aliphatic imine (C=N–C) groups is 1. The van der Waals surface area contributed by atoms with Crippen molar-refractivity contribution in [1.29, 1.82) is 0 Å². The zero-order chi connectivity index (χ0) is 20.1. The number of alkyl halides is 2. The van der Waals surface area contributed by atoms with Gasteiger partial charge in [0.25, 0.3) is 5.91 Å². The van der Waals surface area contributed by atoms with Crippen LogP contribution in [0.1, 0.15) is 36.3 Å². The molecule has 1 aliphatic heterocycles. The number of rotatable bonds is 5. The fraction of sp³-hybridized carbons (Fsp3) is 0.400. The van der Waals surface area contributed by atoms with Crippen molar-refractivity contribution < 1.29 is 22.7 Å². The zero-order valence-corrected chi connectivity index (χ0v) is 15.2. The fourth-order valence-electron chi connectivity index (χ4n) is 3.90. The van der Waals surface area contributed by atoms with Crippen LogP contribution in [0.15, 0.2) is 47.2 Å². The molecule has 1 heterocycles. The van der Waals surface area contributed by atoms with Crippen LogP contribution in [0.5, 0.6) is 0 Å². The summed E-state index contributed by atoms with van der Waals surface area (Å²) in [6.45, 7) is -2.92. The highest BCUT2D eigenvalue weighted by Crippen LogP contribution is 2.47. The number of carbonyl (C=O) groups excluding carboxylic acids is 1. The summed E-state index contributed by atoms with van der Waals surface area (Å²) in [5, 5.41) is 0. The lowest BCUT2D eigenvalue weighted by Crippen LogP contribution is -2.44. The summed E-state index contributed by atoms with van der Waals surface area (Å²) in [5.74, 6) is -0.848. The summed E-state index contributed by atoms with van der Waals surface area (Å²) in [4.78, 5) is 19.0. The van der Waals surface area contributed by atoms with E-state index in [1.165, 1.54) is 30.2 Å². The first-order chi connectivity index (χ1) is 13.3. The van der Waals surface area contributed by atoms with Gasteiger partial charge in [0.05, 0.1) is 0 Å². The summed E-state index contributed by atoms with van der Waals surface area (Å²) in [6.07, 6.45) is 6.61. The Kier molecular flexibility index (Phi) is 4.44. The van der Waals surface area contributed by atoms with Crippen molar-refractivity contribution in [2.24, 2.45) is 16.6 Å². The maximum absolute atomic E-state index is 14.3. The van der Waals surface area contributed by atoms with Gasteiger partial charge in [-0.3, -0.25) is 9.69 Å². The average Bonchev–Trinajstić information content (AvgIpc) is 3.47. The molecular formula is C20H20F3N3O2. The van der Waals surface area contributed by atoms with Gasteiger partial charge in [0.2, 0.25) is 0 Å². The molecular weight excluding hydrogens is 371 g/mol. The number of halogens is 3. The number of carbonyl (C=O) groups is 1. The molecule has 5 nitrogen and oxygen atoms in total. The van der Waals surface area contributed by atoms with E-state index in [1.54, 1.807) is 18.2 Å². The van der Waals surface area contributed by atoms with Crippen LogP contribution >= 0.6 is 0 Å². The third-order valence-electron chi connectivity index (χ3n) is 5.55. The van der Waals surface area contributed by atoms with E-state index in [-0.39, 0.29) is 35.8 Å². The molecule has 3 aliphatic rings. The molecule has 1 amide bonds. The monoisotopic (exact) mass is 391 g/mol. The van der Waals surface area contributed by atoms with Crippen LogP contribution in [0.3, 0.4) is 0 Å². The van der Waals surface area contributed by atoms with Crippen molar-refractivity contribution in [1.82, 2.24) is 4.90 Å². The van der Waals surface area contributed by atoms with Gasteiger partial charge in [0.15, 0.2) is 11.5 Å². The molecule has 4 rings (SSSR count). The van der Waals surface area contributed by atoms with Gasteiger partial charge in [-0.05, 0) is 60.6 Å². The molecule has 1 fully saturated rings. The lowest BCUT2D eigenvalue weighted by atomic mass is 9.74. The quantitative estimate of drug-likeness (QED) is 0.837. The molecule has 1 unspecified atom stereocenters. The third kappa shape index (κ3) is 2.96. The van der Waals surface area contributed by atoms with Gasteiger partial charge < -0.3 is 10.5 Å². The van der Waals surface area contributed by atoms with Crippen LogP contribution in [0.2, 0.25) is 0 Å². The van der Waals surface area contributed by atoms with Gasteiger partial charge in [-0.1, -0.05) is 12.1 Å². The SMILES string of the molecule is CN1C(=O)[C@](c2ccc(F)c(C3CC3)c2)(C2C=CC(OC(F)F)=CC2)N=C1N. The summed E-state index contributed by atoms with van der Waals surface area (Å²) >= 11 is 0. The Morgan fingerprint density at radius 1 is 1.36 bits per heavy atom. The molecule has 0 saturated heterocycles. The van der Waals surface area contributed by atoms with Crippen molar-refractivity contribution in [2.45, 2.75) is 37.3 Å². The fourth-order valence-corrected chi connectivity index (χ4v) is 3.90. The second kappa shape index (κ2) is 6.68. The third-order valence-corrected chi connectivity index (χ3v) is 5.55. The highest BCUT2D eigenvalue weighted by Gasteiger charge is 2.53. The smallest absolute Gasteiger partial charge is 0.387 e. The maximum atomic E-state index is 14.3. The van der Waals surface area contributed by atoms with Gasteiger partial charge in [-0.25, -0.2) is 9.38 Å². The van der Waals surface area contributed by atoms with E-state index in [2.05, 4.69) is 9.73 Å². The molecule has 0 radical (unpaired) electrons. The predicted molar refractivity (Wildman–Crippen MR) is 96.9 cm³/mol. The summed E-state index contributed by atoms with van der Waals surface area (Å²) in [6, 6.07) is 4.61. The number of allylic oxidation sites excluding steroid dienone is 2. The number of hydrogen-bond donors (Lipinski definition) is 1. The van der Waals surface area contributed by atoms with E-state index >= 15 is 0 Å². The van der Waals surface area contributed by atoms with Crippen LogP contribution in [-0.2, 0) is 15.1 Å². The molecule has 0 spiro atoms. The van der Waals surface area contributed by atoms with Gasteiger partial charge in [-0.2, -0.15) is 8.78 Å². The molecule has 2 N–H and O–H groups in total. The Morgan fingerprint density at radius 2 is 2.11 bits per heavy atom. The van der Waals surface area contributed by atoms with E-state index in [4.69, 9.17) is 5.73 Å². The Bertz CT molecular complexity index is 908. The largest absolute Gasteiger partial charge is 0.435 e. The minimum Gasteiger partial charge on any atom is -0.435 e. The van der Waals surface area contributed by atoms with E-state index in [0.29, 0.717) is 11.1 Å². The van der Waals surface area contributed by atoms with Gasteiger partial charge >= 0.3 is 6.61 Å². The second-order valence-electron chi connectivity index (χ2n) is 7.30. The van der Waals surface area contributed by atoms with Crippen LogP contribution < -0.4 is 5.73 Å². The number of guanidine groups is 1. The van der Waals surface area contributed by atoms with E-state index < -0.39 is 18.1 Å². The molecule has 28 heavy (non-hydrogen) atoms. The predicted octanol–water partition coefficient (Wildman–Crippen LogP) is 3.38. The summed E-state index contributed by atoms with van der Waals surface area (Å²) in [7, 11) is 1.53. The molecule has 0 bridgehead atoms. The number of nitrogens with two attached hydrogens (primary N) is 1. The van der Waals surface area contributed by atoms with Crippen LogP contribution in [0.25, 0.3) is 0 Å². The molecule has 8 heteroatoms. The Hall–Kier alpha value is -2.77. The Balaban J connectivity index is 1.76. The number of nitrogens with zero attached hydrogens (tertiary/aromatic N) is 2. The minimum absolute atomic E-state index is 0.0370. The lowest BCUT2D eigenvalue weighted by Gasteiger charge is -2.33. The molecule has 1 aromatic carbocycles. The van der Waals surface area contributed by atoms with Gasteiger partial charge in [-0.15, -0.1) is 0 Å². The molecule has 1 aromatic rings. The first-order valence-electron chi connectivity index (χ1n) is 9.09. The van der Waals surface area contributed by atoms with Gasteiger partial charge in [0.1, 0.15) is 11.6 Å². The number of benzene rings is 1. The second-order valence-corrected chi connectivity index (χ2v) is 7.30. The van der Waals surface area contributed by atoms with Crippen molar-refractivity contribution in [2.75, 3.05) is 7.05 Å². The Labute approximate surface area is 160 Å². The van der Waals surface area contributed by atoms with Crippen LogP contribution in [0.4, 0.5) is 13.2 Å². The first-order valence-corrected chi connectivity index (χ1v) is 9.09. The zero-order valence-electron chi connectivity index (χ0n) is 15.2. The molecule has 2 aliphatic carbocycles. The molecule has 2 atom stereocenters. The molecule has 0 aromatic heterocycles. The highest BCUT2D eigenvalue weighted by atomic mass is 19.3. The molecule has 148 valence electrons. The maximum Gasteiger partial charge on any atom is 0.387 e. The van der Waals surface area contributed by atoms with E-state index in [9.17, 15) is 18.0 Å². The minimum atomic E-state index is -2.92. The van der Waals surface area contributed by atoms with Crippen molar-refractivity contribution in [3.63, 3.8) is 0 Å². The number of ether oxygens (including phenoxy) is 1. The molecule has 1 saturated carbocycles. The highest BCUT2D eigenvalue weighted by molar-refractivity contribution is 6.07. The normalized spacial score (nSPS) is 27.2. The number of amides is 1. The Morgan fingerprint density at radius 3 is 2.64 bits per heavy atom. The van der Waals surface area contributed by atoms with Crippen LogP contribution in [-0.4, -0.2) is 30.4 Å². The topological polar surface area (TPSA) is 67.9 Å². The van der Waals surface area contributed by atoms with Gasteiger partial charge in [0, 0.05) is 13.0 Å². The van der Waals surface area contributed by atoms with Crippen molar-refractivity contribution in [3.8, 4) is 0 Å². The standard InChI is InChI=1S/C20H20F3N3O2/c1-26-17(27)20(25-19(26)24,12-4-7-14(8-5-12)28-18(22)23)13-6-9-16(21)15(10-13)11-2-3-11/h4,6-12,18H,2-3,5H2,1H3,(H2,24,25)/t12?,20-/m1/s1. The lowest BCUT2D eigenvalue weighted by molar-refractivity contribution is -0.132. The van der Waals surface area contributed by atoms with Crippen molar-refractivity contribution >= 4 is 11.9 Å². The van der Waals surface area contributed by atoms with E-state index in [0.717, 1.165) is 12.8 Å². The number of hydrogen-bond acceptors (Lipinski definition) is 4. The first kappa shape index (κ1) is 18.6.